The van der Waals surface area contributed by atoms with Crippen molar-refractivity contribution < 1.29 is 0 Å². The van der Waals surface area contributed by atoms with E-state index in [-0.39, 0.29) is 0 Å². The summed E-state index contributed by atoms with van der Waals surface area (Å²) in [5, 5.41) is 8.86. The highest BCUT2D eigenvalue weighted by Gasteiger charge is 2.08. The summed E-state index contributed by atoms with van der Waals surface area (Å²) in [5.74, 6) is 0. The topological polar surface area (TPSA) is 39.9 Å². The highest BCUT2D eigenvalue weighted by Crippen LogP contribution is 2.27. The molecule has 0 atom stereocenters. The third-order valence-electron chi connectivity index (χ3n) is 2.83. The summed E-state index contributed by atoms with van der Waals surface area (Å²) >= 11 is 3.50. The van der Waals surface area contributed by atoms with Crippen molar-refractivity contribution in [2.75, 3.05) is 11.9 Å². The van der Waals surface area contributed by atoms with Gasteiger partial charge in [-0.05, 0) is 53.2 Å². The van der Waals surface area contributed by atoms with Gasteiger partial charge in [0.05, 0.1) is 29.6 Å². The van der Waals surface area contributed by atoms with Crippen molar-refractivity contribution >= 4 is 21.6 Å². The van der Waals surface area contributed by atoms with Crippen LogP contribution < -0.4 is 4.90 Å². The maximum absolute atomic E-state index is 8.86. The zero-order valence-electron chi connectivity index (χ0n) is 10.9. The van der Waals surface area contributed by atoms with Gasteiger partial charge in [-0.3, -0.25) is 4.98 Å². The Labute approximate surface area is 121 Å². The lowest BCUT2D eigenvalue weighted by molar-refractivity contribution is 0.874. The van der Waals surface area contributed by atoms with Gasteiger partial charge in [-0.15, -0.1) is 0 Å². The van der Waals surface area contributed by atoms with Crippen LogP contribution in [0.1, 0.15) is 17.0 Å². The van der Waals surface area contributed by atoms with Crippen LogP contribution in [0, 0.1) is 18.3 Å². The van der Waals surface area contributed by atoms with E-state index in [2.05, 4.69) is 31.9 Å². The lowest BCUT2D eigenvalue weighted by Gasteiger charge is -2.20. The van der Waals surface area contributed by atoms with E-state index in [1.165, 1.54) is 0 Å². The third kappa shape index (κ3) is 3.33. The Balaban J connectivity index is 2.21. The molecular weight excluding hydrogens is 302 g/mol. The number of rotatable bonds is 3. The van der Waals surface area contributed by atoms with E-state index in [4.69, 9.17) is 5.26 Å². The number of pyridine rings is 1. The molecule has 2 aromatic rings. The Morgan fingerprint density at radius 2 is 2.11 bits per heavy atom. The Morgan fingerprint density at radius 1 is 1.32 bits per heavy atom. The Bertz CT molecular complexity index is 632. The van der Waals surface area contributed by atoms with Crippen LogP contribution in [-0.2, 0) is 6.54 Å². The first kappa shape index (κ1) is 13.6. The molecule has 4 heteroatoms. The number of aromatic nitrogens is 1. The molecule has 1 heterocycles. The van der Waals surface area contributed by atoms with E-state index >= 15 is 0 Å². The van der Waals surface area contributed by atoms with Crippen LogP contribution >= 0.6 is 15.9 Å². The second-order valence-corrected chi connectivity index (χ2v) is 5.26. The average Bonchev–Trinajstić information content (AvgIpc) is 2.38. The van der Waals surface area contributed by atoms with E-state index in [0.717, 1.165) is 28.1 Å². The lowest BCUT2D eigenvalue weighted by Crippen LogP contribution is -2.17. The van der Waals surface area contributed by atoms with Gasteiger partial charge in [0.25, 0.3) is 0 Å². The molecule has 0 radical (unpaired) electrons. The fraction of sp³-hybridized carbons (Fsp3) is 0.200. The SMILES string of the molecule is Cc1cccc(CN(C)c2ccc(C#N)cc2Br)n1. The zero-order valence-corrected chi connectivity index (χ0v) is 12.5. The molecule has 1 aromatic carbocycles. The van der Waals surface area contributed by atoms with Crippen LogP contribution in [0.2, 0.25) is 0 Å². The highest BCUT2D eigenvalue weighted by molar-refractivity contribution is 9.10. The van der Waals surface area contributed by atoms with Crippen molar-refractivity contribution in [3.63, 3.8) is 0 Å². The molecule has 0 fully saturated rings. The number of halogens is 1. The van der Waals surface area contributed by atoms with Gasteiger partial charge < -0.3 is 4.90 Å². The van der Waals surface area contributed by atoms with Gasteiger partial charge in [-0.25, -0.2) is 0 Å². The minimum atomic E-state index is 0.651. The lowest BCUT2D eigenvalue weighted by atomic mass is 10.2. The molecule has 0 aliphatic rings. The van der Waals surface area contributed by atoms with Crippen LogP contribution in [0.15, 0.2) is 40.9 Å². The molecule has 0 saturated carbocycles. The third-order valence-corrected chi connectivity index (χ3v) is 3.47. The van der Waals surface area contributed by atoms with Gasteiger partial charge in [0.2, 0.25) is 0 Å². The molecule has 19 heavy (non-hydrogen) atoms. The summed E-state index contributed by atoms with van der Waals surface area (Å²) in [6, 6.07) is 13.7. The molecule has 0 aliphatic heterocycles. The summed E-state index contributed by atoms with van der Waals surface area (Å²) in [6.45, 7) is 2.72. The monoisotopic (exact) mass is 315 g/mol. The second-order valence-electron chi connectivity index (χ2n) is 4.40. The predicted molar refractivity (Wildman–Crippen MR) is 79.9 cm³/mol. The van der Waals surface area contributed by atoms with Crippen molar-refractivity contribution in [3.8, 4) is 6.07 Å². The van der Waals surface area contributed by atoms with Crippen molar-refractivity contribution in [1.29, 1.82) is 5.26 Å². The first-order valence-corrected chi connectivity index (χ1v) is 6.73. The molecular formula is C15H14BrN3. The fourth-order valence-electron chi connectivity index (χ4n) is 1.90. The Morgan fingerprint density at radius 3 is 2.74 bits per heavy atom. The van der Waals surface area contributed by atoms with Gasteiger partial charge in [-0.2, -0.15) is 5.26 Å². The van der Waals surface area contributed by atoms with Crippen LogP contribution in [0.4, 0.5) is 5.69 Å². The van der Waals surface area contributed by atoms with E-state index in [9.17, 15) is 0 Å². The molecule has 2 rings (SSSR count). The normalized spacial score (nSPS) is 10.0. The first-order chi connectivity index (χ1) is 9.10. The van der Waals surface area contributed by atoms with Crippen molar-refractivity contribution in [3.05, 3.63) is 57.8 Å². The summed E-state index contributed by atoms with van der Waals surface area (Å²) in [5.41, 5.74) is 3.74. The van der Waals surface area contributed by atoms with Gasteiger partial charge in [0.1, 0.15) is 0 Å². The Hall–Kier alpha value is -1.86. The maximum Gasteiger partial charge on any atom is 0.0992 e. The van der Waals surface area contributed by atoms with E-state index in [1.54, 1.807) is 0 Å². The molecule has 0 unspecified atom stereocenters. The predicted octanol–water partition coefficient (Wildman–Crippen LogP) is 3.66. The maximum atomic E-state index is 8.86. The van der Waals surface area contributed by atoms with Crippen molar-refractivity contribution in [1.82, 2.24) is 4.98 Å². The van der Waals surface area contributed by atoms with E-state index in [0.29, 0.717) is 5.56 Å². The van der Waals surface area contributed by atoms with Crippen molar-refractivity contribution in [2.45, 2.75) is 13.5 Å². The summed E-state index contributed by atoms with van der Waals surface area (Å²) in [6.07, 6.45) is 0. The molecule has 0 saturated heterocycles. The quantitative estimate of drug-likeness (QED) is 0.867. The average molecular weight is 316 g/mol. The first-order valence-electron chi connectivity index (χ1n) is 5.93. The van der Waals surface area contributed by atoms with E-state index in [1.807, 2.05) is 50.4 Å². The highest BCUT2D eigenvalue weighted by atomic mass is 79.9. The van der Waals surface area contributed by atoms with Gasteiger partial charge in [0.15, 0.2) is 0 Å². The van der Waals surface area contributed by atoms with Crippen molar-refractivity contribution in [2.24, 2.45) is 0 Å². The number of aryl methyl sites for hydroxylation is 1. The summed E-state index contributed by atoms with van der Waals surface area (Å²) < 4.78 is 0.918. The number of benzene rings is 1. The van der Waals surface area contributed by atoms with Gasteiger partial charge in [-0.1, -0.05) is 6.07 Å². The molecule has 3 nitrogen and oxygen atoms in total. The van der Waals surface area contributed by atoms with Crippen LogP contribution in [0.3, 0.4) is 0 Å². The molecule has 1 aromatic heterocycles. The number of nitrogens with zero attached hydrogens (tertiary/aromatic N) is 3. The summed E-state index contributed by atoms with van der Waals surface area (Å²) in [7, 11) is 2.01. The summed E-state index contributed by atoms with van der Waals surface area (Å²) in [4.78, 5) is 6.60. The fourth-order valence-corrected chi connectivity index (χ4v) is 2.58. The molecule has 0 spiro atoms. The second kappa shape index (κ2) is 5.85. The zero-order chi connectivity index (χ0) is 13.8. The number of anilines is 1. The molecule has 0 amide bonds. The van der Waals surface area contributed by atoms with E-state index < -0.39 is 0 Å². The number of hydrogen-bond donors (Lipinski definition) is 0. The van der Waals surface area contributed by atoms with Crippen LogP contribution in [-0.4, -0.2) is 12.0 Å². The smallest absolute Gasteiger partial charge is 0.0992 e. The Kier molecular flexibility index (Phi) is 4.18. The molecule has 0 aliphatic carbocycles. The molecule has 96 valence electrons. The van der Waals surface area contributed by atoms with Crippen LogP contribution in [0.5, 0.6) is 0 Å². The largest absolute Gasteiger partial charge is 0.368 e. The number of hydrogen-bond acceptors (Lipinski definition) is 3. The number of nitriles is 1. The molecule has 0 bridgehead atoms. The minimum Gasteiger partial charge on any atom is -0.368 e. The van der Waals surface area contributed by atoms with Gasteiger partial charge >= 0.3 is 0 Å². The minimum absolute atomic E-state index is 0.651. The molecule has 0 N–H and O–H groups in total. The van der Waals surface area contributed by atoms with Gasteiger partial charge in [0, 0.05) is 17.2 Å². The van der Waals surface area contributed by atoms with Crippen LogP contribution in [0.25, 0.3) is 0 Å². The standard InChI is InChI=1S/C15H14BrN3/c1-11-4-3-5-13(18-11)10-19(2)15-7-6-12(9-17)8-14(15)16/h3-8H,10H2,1-2H3.